The zero-order valence-electron chi connectivity index (χ0n) is 15.6. The molecule has 3 rings (SSSR count). The van der Waals surface area contributed by atoms with Crippen LogP contribution in [0.2, 0.25) is 0 Å². The van der Waals surface area contributed by atoms with Crippen molar-refractivity contribution in [2.45, 2.75) is 17.9 Å². The van der Waals surface area contributed by atoms with Crippen molar-refractivity contribution in [3.05, 3.63) is 76.8 Å². The second kappa shape index (κ2) is 8.43. The number of nitrogens with one attached hydrogen (secondary N) is 1. The van der Waals surface area contributed by atoms with Gasteiger partial charge >= 0.3 is 0 Å². The quantitative estimate of drug-likeness (QED) is 0.601. The summed E-state index contributed by atoms with van der Waals surface area (Å²) in [4.78, 5) is 12.6. The van der Waals surface area contributed by atoms with E-state index in [4.69, 9.17) is 0 Å². The summed E-state index contributed by atoms with van der Waals surface area (Å²) >= 11 is 3.28. The minimum absolute atomic E-state index is 0.146. The minimum Gasteiger partial charge on any atom is -0.348 e. The topological polar surface area (TPSA) is 66.5 Å². The predicted molar refractivity (Wildman–Crippen MR) is 114 cm³/mol. The monoisotopic (exact) mass is 460 g/mol. The van der Waals surface area contributed by atoms with Crippen molar-refractivity contribution in [2.75, 3.05) is 13.6 Å². The lowest BCUT2D eigenvalue weighted by Gasteiger charge is -2.20. The summed E-state index contributed by atoms with van der Waals surface area (Å²) in [5, 5.41) is 5.06. The Kier molecular flexibility index (Phi) is 6.17. The average Bonchev–Trinajstić information content (AvgIpc) is 2.67. The van der Waals surface area contributed by atoms with E-state index in [1.54, 1.807) is 12.1 Å². The Morgan fingerprint density at radius 1 is 1.04 bits per heavy atom. The van der Waals surface area contributed by atoms with Crippen molar-refractivity contribution in [3.63, 3.8) is 0 Å². The van der Waals surface area contributed by atoms with Gasteiger partial charge in [-0.2, -0.15) is 4.31 Å². The molecule has 0 radical (unpaired) electrons. The van der Waals surface area contributed by atoms with Crippen LogP contribution in [0.5, 0.6) is 0 Å². The van der Waals surface area contributed by atoms with E-state index in [0.717, 1.165) is 25.1 Å². The van der Waals surface area contributed by atoms with Crippen molar-refractivity contribution in [3.8, 4) is 0 Å². The van der Waals surface area contributed by atoms with Crippen molar-refractivity contribution in [2.24, 2.45) is 0 Å². The van der Waals surface area contributed by atoms with Crippen LogP contribution in [0.3, 0.4) is 0 Å². The van der Waals surface area contributed by atoms with E-state index in [2.05, 4.69) is 21.2 Å². The fourth-order valence-corrected chi connectivity index (χ4v) is 4.46. The molecule has 0 bridgehead atoms. The number of amides is 1. The van der Waals surface area contributed by atoms with Gasteiger partial charge in [-0.1, -0.05) is 58.4 Å². The molecule has 0 aromatic heterocycles. The van der Waals surface area contributed by atoms with Gasteiger partial charge in [-0.25, -0.2) is 8.42 Å². The van der Waals surface area contributed by atoms with Gasteiger partial charge < -0.3 is 5.32 Å². The normalized spacial score (nSPS) is 12.9. The molecule has 7 heteroatoms. The van der Waals surface area contributed by atoms with Gasteiger partial charge in [-0.3, -0.25) is 4.79 Å². The molecule has 146 valence electrons. The summed E-state index contributed by atoms with van der Waals surface area (Å²) in [7, 11) is -2.33. The molecule has 1 unspecified atom stereocenters. The fourth-order valence-electron chi connectivity index (χ4n) is 3.07. The Labute approximate surface area is 173 Å². The molecule has 28 heavy (non-hydrogen) atoms. The van der Waals surface area contributed by atoms with E-state index in [9.17, 15) is 13.2 Å². The number of carbonyl (C=O) groups excluding carboxylic acids is 1. The molecule has 0 fully saturated rings. The lowest BCUT2D eigenvalue weighted by molar-refractivity contribution is -0.121. The summed E-state index contributed by atoms with van der Waals surface area (Å²) < 4.78 is 27.1. The summed E-state index contributed by atoms with van der Waals surface area (Å²) in [6.07, 6.45) is 0. The van der Waals surface area contributed by atoms with Gasteiger partial charge in [0, 0.05) is 11.5 Å². The SMILES string of the molecule is CC(NC(=O)CN(C)S(=O)(=O)c1ccc(Br)cc1)c1cccc2ccccc12. The van der Waals surface area contributed by atoms with Crippen LogP contribution in [-0.4, -0.2) is 32.2 Å². The third kappa shape index (κ3) is 4.43. The molecule has 0 aliphatic rings. The lowest BCUT2D eigenvalue weighted by atomic mass is 10.00. The molecule has 0 saturated carbocycles. The largest absolute Gasteiger partial charge is 0.348 e. The number of benzene rings is 3. The van der Waals surface area contributed by atoms with Gasteiger partial charge in [0.1, 0.15) is 0 Å². The number of hydrogen-bond donors (Lipinski definition) is 1. The summed E-state index contributed by atoms with van der Waals surface area (Å²) in [5.41, 5.74) is 0.991. The zero-order chi connectivity index (χ0) is 20.3. The Morgan fingerprint density at radius 2 is 1.68 bits per heavy atom. The molecule has 1 atom stereocenters. The van der Waals surface area contributed by atoms with Crippen LogP contribution in [0, 0.1) is 0 Å². The lowest BCUT2D eigenvalue weighted by Crippen LogP contribution is -2.39. The molecule has 5 nitrogen and oxygen atoms in total. The van der Waals surface area contributed by atoms with Gasteiger partial charge in [0.05, 0.1) is 17.5 Å². The van der Waals surface area contributed by atoms with E-state index >= 15 is 0 Å². The number of rotatable bonds is 6. The number of sulfonamides is 1. The number of nitrogens with zero attached hydrogens (tertiary/aromatic N) is 1. The van der Waals surface area contributed by atoms with Crippen molar-refractivity contribution in [1.82, 2.24) is 9.62 Å². The van der Waals surface area contributed by atoms with E-state index < -0.39 is 10.0 Å². The maximum absolute atomic E-state index is 12.6. The van der Waals surface area contributed by atoms with Crippen LogP contribution in [0.15, 0.2) is 76.1 Å². The predicted octanol–water partition coefficient (Wildman–Crippen LogP) is 4.10. The highest BCUT2D eigenvalue weighted by molar-refractivity contribution is 9.10. The van der Waals surface area contributed by atoms with Gasteiger partial charge in [0.2, 0.25) is 15.9 Å². The zero-order valence-corrected chi connectivity index (χ0v) is 18.0. The van der Waals surface area contributed by atoms with Gasteiger partial charge in [0.15, 0.2) is 0 Å². The van der Waals surface area contributed by atoms with Crippen LogP contribution in [0.25, 0.3) is 10.8 Å². The average molecular weight is 461 g/mol. The van der Waals surface area contributed by atoms with E-state index in [1.807, 2.05) is 49.4 Å². The molecule has 0 spiro atoms. The van der Waals surface area contributed by atoms with Gasteiger partial charge in [-0.15, -0.1) is 0 Å². The summed E-state index contributed by atoms with van der Waals surface area (Å²) in [5.74, 6) is -0.358. The number of fused-ring (bicyclic) bond motifs is 1. The molecule has 0 saturated heterocycles. The molecule has 0 aliphatic carbocycles. The van der Waals surface area contributed by atoms with Crippen LogP contribution in [0.1, 0.15) is 18.5 Å². The summed E-state index contributed by atoms with van der Waals surface area (Å²) in [6, 6.07) is 20.0. The van der Waals surface area contributed by atoms with E-state index in [-0.39, 0.29) is 23.4 Å². The Morgan fingerprint density at radius 3 is 2.39 bits per heavy atom. The highest BCUT2D eigenvalue weighted by Gasteiger charge is 2.23. The maximum Gasteiger partial charge on any atom is 0.243 e. The van der Waals surface area contributed by atoms with Crippen LogP contribution in [-0.2, 0) is 14.8 Å². The van der Waals surface area contributed by atoms with Crippen LogP contribution >= 0.6 is 15.9 Å². The highest BCUT2D eigenvalue weighted by atomic mass is 79.9. The third-order valence-corrected chi connectivity index (χ3v) is 6.90. The molecule has 0 aliphatic heterocycles. The number of likely N-dealkylation sites (N-methyl/N-ethyl adjacent to an activating group) is 1. The van der Waals surface area contributed by atoms with Crippen molar-refractivity contribution >= 4 is 42.6 Å². The van der Waals surface area contributed by atoms with Crippen molar-refractivity contribution in [1.29, 1.82) is 0 Å². The Bertz CT molecular complexity index is 1090. The minimum atomic E-state index is -3.73. The van der Waals surface area contributed by atoms with E-state index in [0.29, 0.717) is 0 Å². The van der Waals surface area contributed by atoms with Gasteiger partial charge in [0.25, 0.3) is 0 Å². The standard InChI is InChI=1S/C21H21BrN2O3S/c1-15(19-9-5-7-16-6-3-4-8-20(16)19)23-21(25)14-24(2)28(26,27)18-12-10-17(22)11-13-18/h3-13,15H,14H2,1-2H3,(H,23,25). The molecule has 3 aromatic rings. The highest BCUT2D eigenvalue weighted by Crippen LogP contribution is 2.24. The second-order valence-corrected chi connectivity index (χ2v) is 9.53. The summed E-state index contributed by atoms with van der Waals surface area (Å²) in [6.45, 7) is 1.64. The number of carbonyl (C=O) groups is 1. The maximum atomic E-state index is 12.6. The van der Waals surface area contributed by atoms with E-state index in [1.165, 1.54) is 19.2 Å². The first-order valence-electron chi connectivity index (χ1n) is 8.78. The molecule has 3 aromatic carbocycles. The molecule has 1 amide bonds. The Hall–Kier alpha value is -2.22. The number of hydrogen-bond acceptors (Lipinski definition) is 3. The first-order valence-corrected chi connectivity index (χ1v) is 11.0. The van der Waals surface area contributed by atoms with Crippen LogP contribution in [0.4, 0.5) is 0 Å². The first kappa shape index (κ1) is 20.5. The molecule has 1 N–H and O–H groups in total. The van der Waals surface area contributed by atoms with Crippen LogP contribution < -0.4 is 5.32 Å². The first-order chi connectivity index (χ1) is 13.3. The van der Waals surface area contributed by atoms with Gasteiger partial charge in [-0.05, 0) is 47.5 Å². The second-order valence-electron chi connectivity index (χ2n) is 6.57. The molecular weight excluding hydrogens is 440 g/mol. The fraction of sp³-hybridized carbons (Fsp3) is 0.190. The molecule has 0 heterocycles. The third-order valence-electron chi connectivity index (χ3n) is 4.56. The van der Waals surface area contributed by atoms with Crippen molar-refractivity contribution < 1.29 is 13.2 Å². The smallest absolute Gasteiger partial charge is 0.243 e. The number of halogens is 1. The molecular formula is C21H21BrN2O3S. The Balaban J connectivity index is 1.71.